The summed E-state index contributed by atoms with van der Waals surface area (Å²) in [6.45, 7) is 0.534. The smallest absolute Gasteiger partial charge is 0.142 e. The number of nitrogen functional groups attached to an aromatic ring is 1. The number of hydrogen-bond acceptors (Lipinski definition) is 4. The van der Waals surface area contributed by atoms with Crippen LogP contribution in [0.1, 0.15) is 10.7 Å². The predicted molar refractivity (Wildman–Crippen MR) is 73.8 cm³/mol. The number of thiazole rings is 1. The lowest BCUT2D eigenvalue weighted by Crippen LogP contribution is -2.11. The second-order valence-corrected chi connectivity index (χ2v) is 4.97. The first-order valence-electron chi connectivity index (χ1n) is 5.32. The summed E-state index contributed by atoms with van der Waals surface area (Å²) in [5.74, 6) is 0.777. The summed E-state index contributed by atoms with van der Waals surface area (Å²) in [5.41, 5.74) is 5.87. The normalized spacial score (nSPS) is 10.3. The Kier molecular flexibility index (Phi) is 4.17. The van der Waals surface area contributed by atoms with Gasteiger partial charge in [0.15, 0.2) is 0 Å². The van der Waals surface area contributed by atoms with Gasteiger partial charge in [0.1, 0.15) is 17.3 Å². The fraction of sp³-hybridized carbons (Fsp3) is 0.167. The van der Waals surface area contributed by atoms with Gasteiger partial charge in [0.25, 0.3) is 0 Å². The summed E-state index contributed by atoms with van der Waals surface area (Å²) in [6.07, 6.45) is 0.695. The average Bonchev–Trinajstić information content (AvgIpc) is 2.81. The van der Waals surface area contributed by atoms with Crippen LogP contribution in [0.15, 0.2) is 29.6 Å². The summed E-state index contributed by atoms with van der Waals surface area (Å²) in [6, 6.07) is 7.22. The number of hydrogen-bond donors (Lipinski definition) is 2. The second kappa shape index (κ2) is 5.84. The molecule has 0 saturated carbocycles. The van der Waals surface area contributed by atoms with Gasteiger partial charge in [-0.25, -0.2) is 4.98 Å². The van der Waals surface area contributed by atoms with Gasteiger partial charge in [-0.3, -0.25) is 5.41 Å². The Hall–Kier alpha value is -1.59. The molecule has 0 aliphatic carbocycles. The van der Waals surface area contributed by atoms with Crippen LogP contribution in [0, 0.1) is 5.41 Å². The zero-order valence-electron chi connectivity index (χ0n) is 9.52. The highest BCUT2D eigenvalue weighted by Crippen LogP contribution is 2.16. The molecule has 0 aliphatic heterocycles. The van der Waals surface area contributed by atoms with Crippen molar-refractivity contribution in [3.63, 3.8) is 0 Å². The van der Waals surface area contributed by atoms with E-state index < -0.39 is 0 Å². The van der Waals surface area contributed by atoms with Crippen LogP contribution in [0.2, 0.25) is 5.02 Å². The van der Waals surface area contributed by atoms with Crippen LogP contribution in [0.4, 0.5) is 0 Å². The molecule has 0 fully saturated rings. The van der Waals surface area contributed by atoms with Crippen LogP contribution in [0.3, 0.4) is 0 Å². The van der Waals surface area contributed by atoms with Crippen LogP contribution in [0.5, 0.6) is 5.75 Å². The minimum absolute atomic E-state index is 0.00359. The van der Waals surface area contributed by atoms with Gasteiger partial charge in [0.05, 0.1) is 11.6 Å². The molecule has 0 bridgehead atoms. The lowest BCUT2D eigenvalue weighted by Gasteiger charge is -2.04. The number of halogens is 1. The van der Waals surface area contributed by atoms with E-state index >= 15 is 0 Å². The fourth-order valence-electron chi connectivity index (χ4n) is 1.34. The van der Waals surface area contributed by atoms with Crippen molar-refractivity contribution in [2.45, 2.75) is 6.42 Å². The summed E-state index contributed by atoms with van der Waals surface area (Å²) >= 11 is 7.26. The number of nitrogens with zero attached hydrogens (tertiary/aromatic N) is 1. The standard InChI is InChI=1S/C12H12ClN3OS/c13-8-1-3-9(4-2-8)17-6-5-11-16-10(7-18-11)12(14)15/h1-4,7H,5-6H2,(H3,14,15). The maximum absolute atomic E-state index is 7.26. The molecule has 1 aromatic heterocycles. The topological polar surface area (TPSA) is 72.0 Å². The van der Waals surface area contributed by atoms with E-state index in [4.69, 9.17) is 27.5 Å². The predicted octanol–water partition coefficient (Wildman–Crippen LogP) is 2.70. The molecule has 0 radical (unpaired) electrons. The highest BCUT2D eigenvalue weighted by Gasteiger charge is 2.04. The molecule has 3 N–H and O–H groups in total. The first-order chi connectivity index (χ1) is 8.65. The maximum atomic E-state index is 7.26. The van der Waals surface area contributed by atoms with Crippen molar-refractivity contribution >= 4 is 28.8 Å². The SMILES string of the molecule is N=C(N)c1csc(CCOc2ccc(Cl)cc2)n1. The molecule has 0 spiro atoms. The van der Waals surface area contributed by atoms with E-state index in [0.717, 1.165) is 10.8 Å². The van der Waals surface area contributed by atoms with Crippen molar-refractivity contribution in [2.75, 3.05) is 6.61 Å². The molecular weight excluding hydrogens is 270 g/mol. The van der Waals surface area contributed by atoms with Crippen molar-refractivity contribution in [3.05, 3.63) is 45.4 Å². The van der Waals surface area contributed by atoms with Crippen molar-refractivity contribution in [2.24, 2.45) is 5.73 Å². The molecule has 1 heterocycles. The fourth-order valence-corrected chi connectivity index (χ4v) is 2.24. The van der Waals surface area contributed by atoms with Gasteiger partial charge in [-0.05, 0) is 24.3 Å². The largest absolute Gasteiger partial charge is 0.493 e. The number of nitrogens with one attached hydrogen (secondary N) is 1. The van der Waals surface area contributed by atoms with E-state index in [1.165, 1.54) is 11.3 Å². The summed E-state index contributed by atoms with van der Waals surface area (Å²) in [7, 11) is 0. The highest BCUT2D eigenvalue weighted by molar-refractivity contribution is 7.09. The van der Waals surface area contributed by atoms with Crippen LogP contribution >= 0.6 is 22.9 Å². The number of amidine groups is 1. The molecule has 0 amide bonds. The van der Waals surface area contributed by atoms with E-state index in [0.29, 0.717) is 23.7 Å². The minimum Gasteiger partial charge on any atom is -0.493 e. The molecule has 4 nitrogen and oxygen atoms in total. The molecular formula is C12H12ClN3OS. The average molecular weight is 282 g/mol. The zero-order chi connectivity index (χ0) is 13.0. The molecule has 1 aromatic carbocycles. The van der Waals surface area contributed by atoms with Gasteiger partial charge in [-0.15, -0.1) is 11.3 Å². The zero-order valence-corrected chi connectivity index (χ0v) is 11.1. The monoisotopic (exact) mass is 281 g/mol. The Bertz CT molecular complexity index is 539. The van der Waals surface area contributed by atoms with E-state index in [1.54, 1.807) is 17.5 Å². The van der Waals surface area contributed by atoms with Gasteiger partial charge in [0, 0.05) is 16.8 Å². The highest BCUT2D eigenvalue weighted by atomic mass is 35.5. The number of benzene rings is 1. The lowest BCUT2D eigenvalue weighted by molar-refractivity contribution is 0.322. The third kappa shape index (κ3) is 3.45. The minimum atomic E-state index is -0.00359. The Morgan fingerprint density at radius 3 is 2.72 bits per heavy atom. The molecule has 2 aromatic rings. The van der Waals surface area contributed by atoms with Crippen LogP contribution < -0.4 is 10.5 Å². The van der Waals surface area contributed by atoms with Gasteiger partial charge in [0.2, 0.25) is 0 Å². The van der Waals surface area contributed by atoms with Crippen LogP contribution in [-0.4, -0.2) is 17.4 Å². The Balaban J connectivity index is 1.84. The first kappa shape index (κ1) is 12.9. The van der Waals surface area contributed by atoms with Crippen molar-refractivity contribution < 1.29 is 4.74 Å². The molecule has 18 heavy (non-hydrogen) atoms. The third-order valence-corrected chi connectivity index (χ3v) is 3.39. The Morgan fingerprint density at radius 2 is 2.11 bits per heavy atom. The van der Waals surface area contributed by atoms with Gasteiger partial charge in [-0.1, -0.05) is 11.6 Å². The van der Waals surface area contributed by atoms with Crippen molar-refractivity contribution in [1.82, 2.24) is 4.98 Å². The first-order valence-corrected chi connectivity index (χ1v) is 6.58. The third-order valence-electron chi connectivity index (χ3n) is 2.23. The summed E-state index contributed by atoms with van der Waals surface area (Å²) in [5, 5.41) is 10.6. The van der Waals surface area contributed by atoms with Crippen LogP contribution in [-0.2, 0) is 6.42 Å². The van der Waals surface area contributed by atoms with E-state index in [2.05, 4.69) is 4.98 Å². The van der Waals surface area contributed by atoms with Crippen LogP contribution in [0.25, 0.3) is 0 Å². The van der Waals surface area contributed by atoms with Gasteiger partial charge in [-0.2, -0.15) is 0 Å². The Morgan fingerprint density at radius 1 is 1.39 bits per heavy atom. The maximum Gasteiger partial charge on any atom is 0.142 e. The van der Waals surface area contributed by atoms with E-state index in [-0.39, 0.29) is 5.84 Å². The molecule has 0 saturated heterocycles. The number of rotatable bonds is 5. The summed E-state index contributed by atoms with van der Waals surface area (Å²) < 4.78 is 5.56. The van der Waals surface area contributed by atoms with Gasteiger partial charge >= 0.3 is 0 Å². The number of ether oxygens (including phenoxy) is 1. The number of aromatic nitrogens is 1. The summed E-state index contributed by atoms with van der Waals surface area (Å²) in [4.78, 5) is 4.22. The molecule has 0 aliphatic rings. The van der Waals surface area contributed by atoms with E-state index in [9.17, 15) is 0 Å². The number of nitrogens with two attached hydrogens (primary N) is 1. The molecule has 94 valence electrons. The van der Waals surface area contributed by atoms with Gasteiger partial charge < -0.3 is 10.5 Å². The molecule has 0 unspecified atom stereocenters. The molecule has 0 atom stereocenters. The van der Waals surface area contributed by atoms with Crippen molar-refractivity contribution in [1.29, 1.82) is 5.41 Å². The second-order valence-electron chi connectivity index (χ2n) is 3.59. The van der Waals surface area contributed by atoms with E-state index in [1.807, 2.05) is 12.1 Å². The quantitative estimate of drug-likeness (QED) is 0.654. The Labute approximate surface area is 114 Å². The molecule has 2 rings (SSSR count). The van der Waals surface area contributed by atoms with Crippen molar-refractivity contribution in [3.8, 4) is 5.75 Å². The molecule has 6 heteroatoms. The lowest BCUT2D eigenvalue weighted by atomic mass is 10.3.